The number of benzene rings is 1. The minimum atomic E-state index is -3.58. The zero-order valence-corrected chi connectivity index (χ0v) is 15.5. The van der Waals surface area contributed by atoms with Crippen LogP contribution in [0.3, 0.4) is 0 Å². The molecule has 1 aromatic carbocycles. The Kier molecular flexibility index (Phi) is 5.05. The van der Waals surface area contributed by atoms with Gasteiger partial charge in [0.25, 0.3) is 0 Å². The highest BCUT2D eigenvalue weighted by Gasteiger charge is 2.14. The first-order valence-electron chi connectivity index (χ1n) is 7.94. The van der Waals surface area contributed by atoms with Crippen LogP contribution in [0.2, 0.25) is 0 Å². The number of nitrogens with zero attached hydrogens (tertiary/aromatic N) is 4. The zero-order chi connectivity index (χ0) is 18.7. The Balaban J connectivity index is 1.63. The number of rotatable bonds is 7. The molecule has 10 heteroatoms. The van der Waals surface area contributed by atoms with Gasteiger partial charge in [0.1, 0.15) is 17.9 Å². The van der Waals surface area contributed by atoms with Crippen molar-refractivity contribution in [1.82, 2.24) is 24.5 Å². The van der Waals surface area contributed by atoms with Crippen LogP contribution >= 0.6 is 0 Å². The molecule has 3 aromatic rings. The summed E-state index contributed by atoms with van der Waals surface area (Å²) in [5.74, 6) is 1.23. The molecule has 0 spiro atoms. The Morgan fingerprint density at radius 3 is 2.58 bits per heavy atom. The first kappa shape index (κ1) is 18.1. The number of nitrogens with one attached hydrogen (secondary N) is 2. The molecule has 26 heavy (non-hydrogen) atoms. The molecule has 0 amide bonds. The lowest BCUT2D eigenvalue weighted by Crippen LogP contribution is -2.29. The maximum absolute atomic E-state index is 12.3. The summed E-state index contributed by atoms with van der Waals surface area (Å²) in [5, 5.41) is 8.28. The van der Waals surface area contributed by atoms with E-state index < -0.39 is 10.0 Å². The third-order valence-electron chi connectivity index (χ3n) is 3.87. The summed E-state index contributed by atoms with van der Waals surface area (Å²) in [6.45, 7) is 2.46. The second-order valence-corrected chi connectivity index (χ2v) is 7.40. The average molecular weight is 376 g/mol. The molecule has 2 N–H and O–H groups in total. The molecular formula is C16H20N6O3S. The monoisotopic (exact) mass is 376 g/mol. The summed E-state index contributed by atoms with van der Waals surface area (Å²) >= 11 is 0. The van der Waals surface area contributed by atoms with Gasteiger partial charge >= 0.3 is 0 Å². The van der Waals surface area contributed by atoms with Gasteiger partial charge in [-0.2, -0.15) is 5.10 Å². The first-order valence-corrected chi connectivity index (χ1v) is 9.42. The van der Waals surface area contributed by atoms with Crippen molar-refractivity contribution in [3.05, 3.63) is 36.3 Å². The van der Waals surface area contributed by atoms with Crippen LogP contribution < -0.4 is 14.8 Å². The summed E-state index contributed by atoms with van der Waals surface area (Å²) in [7, 11) is -0.237. The highest BCUT2D eigenvalue weighted by Crippen LogP contribution is 2.21. The third kappa shape index (κ3) is 3.60. The molecule has 0 saturated carbocycles. The zero-order valence-electron chi connectivity index (χ0n) is 14.7. The molecular weight excluding hydrogens is 356 g/mol. The van der Waals surface area contributed by atoms with Crippen LogP contribution in [-0.4, -0.2) is 48.4 Å². The van der Waals surface area contributed by atoms with E-state index in [4.69, 9.17) is 4.74 Å². The molecule has 138 valence electrons. The van der Waals surface area contributed by atoms with Gasteiger partial charge in [0, 0.05) is 20.1 Å². The van der Waals surface area contributed by atoms with E-state index >= 15 is 0 Å². The van der Waals surface area contributed by atoms with Gasteiger partial charge in [0.05, 0.1) is 23.1 Å². The van der Waals surface area contributed by atoms with Crippen LogP contribution in [0.15, 0.2) is 35.5 Å². The number of hydrogen-bond acceptors (Lipinski definition) is 7. The van der Waals surface area contributed by atoms with Gasteiger partial charge in [0.15, 0.2) is 5.65 Å². The van der Waals surface area contributed by atoms with Gasteiger partial charge in [-0.05, 0) is 31.2 Å². The molecule has 0 aliphatic heterocycles. The van der Waals surface area contributed by atoms with Crippen molar-refractivity contribution in [2.75, 3.05) is 25.5 Å². The van der Waals surface area contributed by atoms with E-state index in [0.29, 0.717) is 18.1 Å². The quantitative estimate of drug-likeness (QED) is 0.593. The van der Waals surface area contributed by atoms with Crippen LogP contribution in [0.5, 0.6) is 5.75 Å². The summed E-state index contributed by atoms with van der Waals surface area (Å²) in [6.07, 6.45) is 1.45. The highest BCUT2D eigenvalue weighted by molar-refractivity contribution is 7.89. The van der Waals surface area contributed by atoms with Crippen molar-refractivity contribution < 1.29 is 13.2 Å². The van der Waals surface area contributed by atoms with Gasteiger partial charge < -0.3 is 10.1 Å². The molecule has 0 saturated heterocycles. The summed E-state index contributed by atoms with van der Waals surface area (Å²) in [4.78, 5) is 8.62. The number of hydrogen-bond donors (Lipinski definition) is 2. The fraction of sp³-hybridized carbons (Fsp3) is 0.312. The van der Waals surface area contributed by atoms with Crippen LogP contribution in [0.25, 0.3) is 11.0 Å². The third-order valence-corrected chi connectivity index (χ3v) is 5.35. The van der Waals surface area contributed by atoms with E-state index in [1.54, 1.807) is 16.8 Å². The normalized spacial score (nSPS) is 11.7. The number of anilines is 1. The standard InChI is InChI=1S/C16H20N6O3S/c1-11-14-15(18-10-19-16(14)22(2)21-11)17-8-9-20-26(23,24)13-6-4-12(25-3)5-7-13/h4-7,10,20H,8-9H2,1-3H3,(H,17,18,19). The number of sulfonamides is 1. The van der Waals surface area contributed by atoms with E-state index in [1.807, 2.05) is 14.0 Å². The van der Waals surface area contributed by atoms with Crippen molar-refractivity contribution in [2.24, 2.45) is 7.05 Å². The average Bonchev–Trinajstić information content (AvgIpc) is 2.94. The predicted octanol–water partition coefficient (Wildman–Crippen LogP) is 1.07. The van der Waals surface area contributed by atoms with Gasteiger partial charge in [-0.25, -0.2) is 23.1 Å². The first-order chi connectivity index (χ1) is 12.4. The molecule has 0 bridgehead atoms. The molecule has 9 nitrogen and oxygen atoms in total. The second kappa shape index (κ2) is 7.26. The molecule has 2 heterocycles. The van der Waals surface area contributed by atoms with E-state index in [0.717, 1.165) is 16.7 Å². The van der Waals surface area contributed by atoms with Crippen LogP contribution in [0.4, 0.5) is 5.82 Å². The van der Waals surface area contributed by atoms with Crippen molar-refractivity contribution in [1.29, 1.82) is 0 Å². The van der Waals surface area contributed by atoms with Crippen LogP contribution in [0.1, 0.15) is 5.69 Å². The molecule has 3 rings (SSSR count). The fourth-order valence-corrected chi connectivity index (χ4v) is 3.65. The van der Waals surface area contributed by atoms with Crippen molar-refractivity contribution in [2.45, 2.75) is 11.8 Å². The summed E-state index contributed by atoms with van der Waals surface area (Å²) in [5.41, 5.74) is 1.53. The van der Waals surface area contributed by atoms with Gasteiger partial charge in [-0.3, -0.25) is 4.68 Å². The van der Waals surface area contributed by atoms with Gasteiger partial charge in [-0.1, -0.05) is 0 Å². The van der Waals surface area contributed by atoms with Gasteiger partial charge in [0.2, 0.25) is 10.0 Å². The molecule has 0 aliphatic rings. The smallest absolute Gasteiger partial charge is 0.240 e. The molecule has 0 fully saturated rings. The summed E-state index contributed by atoms with van der Waals surface area (Å²) < 4.78 is 33.9. The maximum Gasteiger partial charge on any atom is 0.240 e. The van der Waals surface area contributed by atoms with Gasteiger partial charge in [-0.15, -0.1) is 0 Å². The van der Waals surface area contributed by atoms with E-state index in [1.165, 1.54) is 25.6 Å². The second-order valence-electron chi connectivity index (χ2n) is 5.63. The number of ether oxygens (including phenoxy) is 1. The van der Waals surface area contributed by atoms with Crippen LogP contribution in [-0.2, 0) is 17.1 Å². The number of aryl methyl sites for hydroxylation is 2. The lowest BCUT2D eigenvalue weighted by molar-refractivity contribution is 0.414. The molecule has 0 aliphatic carbocycles. The maximum atomic E-state index is 12.3. The molecule has 0 atom stereocenters. The predicted molar refractivity (Wildman–Crippen MR) is 97.7 cm³/mol. The Morgan fingerprint density at radius 1 is 1.15 bits per heavy atom. The van der Waals surface area contributed by atoms with E-state index in [2.05, 4.69) is 25.1 Å². The minimum Gasteiger partial charge on any atom is -0.497 e. The Labute approximate surface area is 151 Å². The number of fused-ring (bicyclic) bond motifs is 1. The topological polar surface area (TPSA) is 111 Å². The van der Waals surface area contributed by atoms with E-state index in [9.17, 15) is 8.42 Å². The SMILES string of the molecule is COc1ccc(S(=O)(=O)NCCNc2ncnc3c2c(C)nn3C)cc1. The fourth-order valence-electron chi connectivity index (χ4n) is 2.62. The van der Waals surface area contributed by atoms with E-state index in [-0.39, 0.29) is 11.4 Å². The number of methoxy groups -OCH3 is 1. The molecule has 0 radical (unpaired) electrons. The minimum absolute atomic E-state index is 0.186. The lowest BCUT2D eigenvalue weighted by atomic mass is 10.3. The van der Waals surface area contributed by atoms with Crippen LogP contribution in [0, 0.1) is 6.92 Å². The highest BCUT2D eigenvalue weighted by atomic mass is 32.2. The number of aromatic nitrogens is 4. The van der Waals surface area contributed by atoms with Crippen molar-refractivity contribution >= 4 is 26.9 Å². The lowest BCUT2D eigenvalue weighted by Gasteiger charge is -2.09. The Morgan fingerprint density at radius 2 is 1.88 bits per heavy atom. The van der Waals surface area contributed by atoms with Crippen molar-refractivity contribution in [3.63, 3.8) is 0 Å². The largest absolute Gasteiger partial charge is 0.497 e. The Hall–Kier alpha value is -2.72. The molecule has 2 aromatic heterocycles. The molecule has 0 unspecified atom stereocenters. The Bertz CT molecular complexity index is 1010. The van der Waals surface area contributed by atoms with Crippen molar-refractivity contribution in [3.8, 4) is 5.75 Å². The summed E-state index contributed by atoms with van der Waals surface area (Å²) in [6, 6.07) is 6.22.